The summed E-state index contributed by atoms with van der Waals surface area (Å²) in [7, 11) is 4.23. The molecule has 0 aliphatic heterocycles. The lowest BCUT2D eigenvalue weighted by molar-refractivity contribution is 0.399. The van der Waals surface area contributed by atoms with Crippen LogP contribution in [-0.2, 0) is 0 Å². The van der Waals surface area contributed by atoms with Crippen LogP contribution < -0.4 is 5.32 Å². The Morgan fingerprint density at radius 1 is 1.00 bits per heavy atom. The van der Waals surface area contributed by atoms with E-state index in [9.17, 15) is 0 Å². The van der Waals surface area contributed by atoms with Crippen LogP contribution in [0.5, 0.6) is 0 Å². The Morgan fingerprint density at radius 2 is 1.69 bits per heavy atom. The first-order valence-corrected chi connectivity index (χ1v) is 6.71. The van der Waals surface area contributed by atoms with Crippen LogP contribution in [0.4, 0.5) is 0 Å². The van der Waals surface area contributed by atoms with E-state index in [2.05, 4.69) is 46.9 Å². The molecule has 0 spiro atoms. The second-order valence-corrected chi connectivity index (χ2v) is 4.74. The Morgan fingerprint density at radius 3 is 2.31 bits per heavy atom. The lowest BCUT2D eigenvalue weighted by Crippen LogP contribution is -2.27. The normalized spacial score (nSPS) is 11.1. The van der Waals surface area contributed by atoms with Crippen molar-refractivity contribution in [3.05, 3.63) is 0 Å². The Kier molecular flexibility index (Phi) is 11.3. The largest absolute Gasteiger partial charge is 0.315 e. The summed E-state index contributed by atoms with van der Waals surface area (Å²) in [5.41, 5.74) is 0. The van der Waals surface area contributed by atoms with Crippen molar-refractivity contribution in [2.45, 2.75) is 25.7 Å². The number of unbranched alkanes of at least 4 members (excludes halogenated alkanes) is 3. The molecule has 3 heteroatoms. The summed E-state index contributed by atoms with van der Waals surface area (Å²) in [6.45, 7) is 3.46. The number of rotatable bonds is 9. The second-order valence-electron chi connectivity index (χ2n) is 3.66. The van der Waals surface area contributed by atoms with Crippen LogP contribution >= 0.6 is 22.6 Å². The van der Waals surface area contributed by atoms with E-state index in [4.69, 9.17) is 0 Å². The van der Waals surface area contributed by atoms with Gasteiger partial charge in [-0.2, -0.15) is 0 Å². The Balaban J connectivity index is 2.84. The number of halogens is 1. The summed E-state index contributed by atoms with van der Waals surface area (Å²) in [6.07, 6.45) is 5.51. The van der Waals surface area contributed by atoms with E-state index >= 15 is 0 Å². The van der Waals surface area contributed by atoms with Gasteiger partial charge in [0.25, 0.3) is 0 Å². The highest BCUT2D eigenvalue weighted by atomic mass is 127. The Labute approximate surface area is 96.6 Å². The number of hydrogen-bond donors (Lipinski definition) is 1. The standard InChI is InChI=1S/C10H23IN2/c1-13(2)10-9-12-8-6-4-3-5-7-11/h12H,3-10H2,1-2H3. The molecular weight excluding hydrogens is 275 g/mol. The molecule has 0 bridgehead atoms. The first-order valence-electron chi connectivity index (χ1n) is 5.19. The first kappa shape index (κ1) is 13.7. The van der Waals surface area contributed by atoms with E-state index in [0.717, 1.165) is 13.1 Å². The summed E-state index contributed by atoms with van der Waals surface area (Å²) in [4.78, 5) is 2.21. The van der Waals surface area contributed by atoms with Gasteiger partial charge in [0.05, 0.1) is 0 Å². The molecule has 1 N–H and O–H groups in total. The van der Waals surface area contributed by atoms with Gasteiger partial charge in [-0.1, -0.05) is 35.4 Å². The molecule has 0 aliphatic carbocycles. The van der Waals surface area contributed by atoms with Gasteiger partial charge in [0.1, 0.15) is 0 Å². The van der Waals surface area contributed by atoms with Gasteiger partial charge in [0.2, 0.25) is 0 Å². The molecule has 0 rings (SSSR count). The summed E-state index contributed by atoms with van der Waals surface area (Å²) in [5.74, 6) is 0. The fraction of sp³-hybridized carbons (Fsp3) is 1.00. The third-order valence-electron chi connectivity index (χ3n) is 1.97. The number of nitrogens with zero attached hydrogens (tertiary/aromatic N) is 1. The van der Waals surface area contributed by atoms with Crippen molar-refractivity contribution in [2.24, 2.45) is 0 Å². The van der Waals surface area contributed by atoms with E-state index in [0.29, 0.717) is 0 Å². The van der Waals surface area contributed by atoms with Gasteiger partial charge in [0, 0.05) is 13.1 Å². The van der Waals surface area contributed by atoms with Gasteiger partial charge in [-0.05, 0) is 37.9 Å². The first-order chi connectivity index (χ1) is 6.27. The van der Waals surface area contributed by atoms with Crippen LogP contribution in [-0.4, -0.2) is 43.1 Å². The molecule has 0 heterocycles. The van der Waals surface area contributed by atoms with Gasteiger partial charge in [-0.3, -0.25) is 0 Å². The number of alkyl halides is 1. The summed E-state index contributed by atoms with van der Waals surface area (Å²) in [5, 5.41) is 3.45. The zero-order valence-corrected chi connectivity index (χ0v) is 11.1. The summed E-state index contributed by atoms with van der Waals surface area (Å²) in [6, 6.07) is 0. The van der Waals surface area contributed by atoms with Crippen LogP contribution in [0.15, 0.2) is 0 Å². The zero-order chi connectivity index (χ0) is 9.94. The fourth-order valence-corrected chi connectivity index (χ4v) is 1.67. The molecule has 80 valence electrons. The molecule has 0 radical (unpaired) electrons. The minimum Gasteiger partial charge on any atom is -0.315 e. The smallest absolute Gasteiger partial charge is 0.0101 e. The van der Waals surface area contributed by atoms with E-state index in [-0.39, 0.29) is 0 Å². The predicted octanol–water partition coefficient (Wildman–Crippen LogP) is 2.13. The van der Waals surface area contributed by atoms with Crippen molar-refractivity contribution in [2.75, 3.05) is 38.2 Å². The van der Waals surface area contributed by atoms with Crippen LogP contribution in [0.2, 0.25) is 0 Å². The zero-order valence-electron chi connectivity index (χ0n) is 8.98. The van der Waals surface area contributed by atoms with Crippen molar-refractivity contribution in [3.63, 3.8) is 0 Å². The number of likely N-dealkylation sites (N-methyl/N-ethyl adjacent to an activating group) is 1. The summed E-state index contributed by atoms with van der Waals surface area (Å²) >= 11 is 2.45. The minimum atomic E-state index is 1.12. The third-order valence-corrected chi connectivity index (χ3v) is 2.74. The highest BCUT2D eigenvalue weighted by Crippen LogP contribution is 2.00. The molecule has 2 nitrogen and oxygen atoms in total. The topological polar surface area (TPSA) is 15.3 Å². The molecule has 0 amide bonds. The Hall–Kier alpha value is 0.650. The van der Waals surface area contributed by atoms with E-state index < -0.39 is 0 Å². The maximum absolute atomic E-state index is 3.45. The van der Waals surface area contributed by atoms with Crippen molar-refractivity contribution in [1.82, 2.24) is 10.2 Å². The van der Waals surface area contributed by atoms with Crippen molar-refractivity contribution >= 4 is 22.6 Å². The van der Waals surface area contributed by atoms with E-state index in [1.807, 2.05) is 0 Å². The SMILES string of the molecule is CN(C)CCNCCCCCCI. The quantitative estimate of drug-likeness (QED) is 0.398. The molecular formula is C10H23IN2. The maximum atomic E-state index is 3.45. The molecule has 13 heavy (non-hydrogen) atoms. The lowest BCUT2D eigenvalue weighted by Gasteiger charge is -2.09. The Bertz CT molecular complexity index is 96.9. The highest BCUT2D eigenvalue weighted by Gasteiger charge is 1.91. The summed E-state index contributed by atoms with van der Waals surface area (Å²) < 4.78 is 1.31. The van der Waals surface area contributed by atoms with Crippen molar-refractivity contribution < 1.29 is 0 Å². The molecule has 0 saturated heterocycles. The lowest BCUT2D eigenvalue weighted by atomic mass is 10.2. The molecule has 0 aromatic rings. The average molecular weight is 298 g/mol. The number of nitrogens with one attached hydrogen (secondary N) is 1. The van der Waals surface area contributed by atoms with E-state index in [1.54, 1.807) is 0 Å². The van der Waals surface area contributed by atoms with Gasteiger partial charge in [0.15, 0.2) is 0 Å². The molecule has 0 unspecified atom stereocenters. The van der Waals surface area contributed by atoms with Gasteiger partial charge in [-0.25, -0.2) is 0 Å². The predicted molar refractivity (Wildman–Crippen MR) is 68.8 cm³/mol. The van der Waals surface area contributed by atoms with Crippen molar-refractivity contribution in [1.29, 1.82) is 0 Å². The third kappa shape index (κ3) is 12.6. The second kappa shape index (κ2) is 10.7. The molecule has 0 atom stereocenters. The van der Waals surface area contributed by atoms with Gasteiger partial charge in [-0.15, -0.1) is 0 Å². The molecule has 0 aromatic heterocycles. The maximum Gasteiger partial charge on any atom is 0.0101 e. The molecule has 0 fully saturated rings. The van der Waals surface area contributed by atoms with Crippen LogP contribution in [0.25, 0.3) is 0 Å². The fourth-order valence-electron chi connectivity index (χ4n) is 1.13. The van der Waals surface area contributed by atoms with Gasteiger partial charge < -0.3 is 10.2 Å². The van der Waals surface area contributed by atoms with Gasteiger partial charge >= 0.3 is 0 Å². The monoisotopic (exact) mass is 298 g/mol. The molecule has 0 aromatic carbocycles. The van der Waals surface area contributed by atoms with Crippen LogP contribution in [0, 0.1) is 0 Å². The van der Waals surface area contributed by atoms with Crippen molar-refractivity contribution in [3.8, 4) is 0 Å². The van der Waals surface area contributed by atoms with Crippen LogP contribution in [0.1, 0.15) is 25.7 Å². The highest BCUT2D eigenvalue weighted by molar-refractivity contribution is 14.1. The molecule has 0 aliphatic rings. The molecule has 0 saturated carbocycles. The van der Waals surface area contributed by atoms with Crippen LogP contribution in [0.3, 0.4) is 0 Å². The van der Waals surface area contributed by atoms with E-state index in [1.165, 1.54) is 36.7 Å². The average Bonchev–Trinajstić information content (AvgIpc) is 2.09. The minimum absolute atomic E-state index is 1.12. The number of hydrogen-bond acceptors (Lipinski definition) is 2.